The minimum absolute atomic E-state index is 0.473. The lowest BCUT2D eigenvalue weighted by atomic mass is 9.92. The van der Waals surface area contributed by atoms with E-state index in [-0.39, 0.29) is 0 Å². The van der Waals surface area contributed by atoms with Crippen LogP contribution in [0, 0.1) is 11.6 Å². The highest BCUT2D eigenvalue weighted by atomic mass is 19.1. The normalized spacial score (nSPS) is 14.0. The molecule has 0 radical (unpaired) electrons. The van der Waals surface area contributed by atoms with E-state index in [1.165, 1.54) is 11.6 Å². The summed E-state index contributed by atoms with van der Waals surface area (Å²) in [6.45, 7) is 6.55. The Balaban J connectivity index is 1.80. The minimum atomic E-state index is -0.888. The van der Waals surface area contributed by atoms with Crippen LogP contribution >= 0.6 is 0 Å². The molecule has 1 aliphatic rings. The zero-order chi connectivity index (χ0) is 19.4. The number of nitrogens with one attached hydrogen (secondary N) is 1. The van der Waals surface area contributed by atoms with Gasteiger partial charge in [0.1, 0.15) is 17.2 Å². The molecule has 0 fully saturated rings. The van der Waals surface area contributed by atoms with Crippen molar-refractivity contribution in [2.24, 2.45) is 4.99 Å². The van der Waals surface area contributed by atoms with Crippen LogP contribution in [0.5, 0.6) is 0 Å². The molecule has 1 aliphatic heterocycles. The molecule has 1 heterocycles. The number of hydrogen-bond donors (Lipinski definition) is 1. The minimum Gasteiger partial charge on any atom is -0.322 e. The maximum Gasteiger partial charge on any atom is 0.261 e. The molecule has 2 aromatic carbocycles. The highest BCUT2D eigenvalue weighted by molar-refractivity contribution is 6.08. The number of amides is 1. The lowest BCUT2D eigenvalue weighted by molar-refractivity contribution is 0.101. The van der Waals surface area contributed by atoms with E-state index in [1.54, 1.807) is 12.1 Å². The average molecular weight is 366 g/mol. The van der Waals surface area contributed by atoms with Gasteiger partial charge in [0, 0.05) is 24.4 Å². The SMILES string of the molecule is C=CCC1=NCCC(c2ccc(NC(=O)c3c(F)cccc3F)cc2)=C1C. The predicted molar refractivity (Wildman–Crippen MR) is 105 cm³/mol. The zero-order valence-electron chi connectivity index (χ0n) is 15.1. The van der Waals surface area contributed by atoms with Crippen molar-refractivity contribution in [2.75, 3.05) is 11.9 Å². The van der Waals surface area contributed by atoms with E-state index in [0.29, 0.717) is 5.69 Å². The second-order valence-electron chi connectivity index (χ2n) is 6.30. The summed E-state index contributed by atoms with van der Waals surface area (Å²) in [7, 11) is 0. The Labute approximate surface area is 157 Å². The number of hydrogen-bond acceptors (Lipinski definition) is 2. The quantitative estimate of drug-likeness (QED) is 0.706. The van der Waals surface area contributed by atoms with E-state index in [4.69, 9.17) is 0 Å². The third-order valence-corrected chi connectivity index (χ3v) is 4.57. The molecule has 0 bridgehead atoms. The van der Waals surface area contributed by atoms with Crippen LogP contribution in [0.15, 0.2) is 65.7 Å². The number of benzene rings is 2. The van der Waals surface area contributed by atoms with Crippen molar-refractivity contribution in [1.82, 2.24) is 0 Å². The van der Waals surface area contributed by atoms with Gasteiger partial charge in [-0.3, -0.25) is 9.79 Å². The molecule has 138 valence electrons. The van der Waals surface area contributed by atoms with Gasteiger partial charge in [-0.15, -0.1) is 6.58 Å². The fourth-order valence-electron chi connectivity index (χ4n) is 3.16. The molecule has 1 amide bonds. The van der Waals surface area contributed by atoms with Crippen molar-refractivity contribution >= 4 is 22.9 Å². The molecule has 0 aromatic heterocycles. The van der Waals surface area contributed by atoms with Gasteiger partial charge in [-0.1, -0.05) is 24.3 Å². The van der Waals surface area contributed by atoms with Crippen LogP contribution < -0.4 is 5.32 Å². The molecule has 0 saturated carbocycles. The van der Waals surface area contributed by atoms with Crippen LogP contribution in [0.3, 0.4) is 0 Å². The Kier molecular flexibility index (Phi) is 5.60. The molecule has 3 rings (SSSR count). The highest BCUT2D eigenvalue weighted by Crippen LogP contribution is 2.28. The maximum absolute atomic E-state index is 13.7. The topological polar surface area (TPSA) is 41.5 Å². The first kappa shape index (κ1) is 18.7. The van der Waals surface area contributed by atoms with Crippen LogP contribution in [0.4, 0.5) is 14.5 Å². The van der Waals surface area contributed by atoms with Crippen LogP contribution in [0.25, 0.3) is 5.57 Å². The summed E-state index contributed by atoms with van der Waals surface area (Å²) < 4.78 is 27.5. The Bertz CT molecular complexity index is 923. The van der Waals surface area contributed by atoms with Crippen LogP contribution in [0.2, 0.25) is 0 Å². The summed E-state index contributed by atoms with van der Waals surface area (Å²) in [4.78, 5) is 16.7. The van der Waals surface area contributed by atoms with E-state index < -0.39 is 23.1 Å². The van der Waals surface area contributed by atoms with Gasteiger partial charge >= 0.3 is 0 Å². The van der Waals surface area contributed by atoms with Gasteiger partial charge in [0.25, 0.3) is 5.91 Å². The smallest absolute Gasteiger partial charge is 0.261 e. The molecule has 5 heteroatoms. The Hall–Kier alpha value is -3.08. The zero-order valence-corrected chi connectivity index (χ0v) is 15.1. The maximum atomic E-state index is 13.7. The predicted octanol–water partition coefficient (Wildman–Crippen LogP) is 5.41. The number of carbonyl (C=O) groups excluding carboxylic acids is 1. The molecule has 0 saturated heterocycles. The Morgan fingerprint density at radius 2 is 1.85 bits per heavy atom. The number of nitrogens with zero attached hydrogens (tertiary/aromatic N) is 1. The fourth-order valence-corrected chi connectivity index (χ4v) is 3.16. The van der Waals surface area contributed by atoms with Gasteiger partial charge < -0.3 is 5.32 Å². The summed E-state index contributed by atoms with van der Waals surface area (Å²) in [5.41, 5.74) is 4.32. The van der Waals surface area contributed by atoms with Crippen molar-refractivity contribution in [1.29, 1.82) is 0 Å². The number of dihydropyridines is 1. The third-order valence-electron chi connectivity index (χ3n) is 4.57. The van der Waals surface area contributed by atoms with Gasteiger partial charge in [0.05, 0.1) is 0 Å². The molecule has 0 aliphatic carbocycles. The second kappa shape index (κ2) is 8.08. The molecule has 0 unspecified atom stereocenters. The summed E-state index contributed by atoms with van der Waals surface area (Å²) in [5, 5.41) is 2.54. The lowest BCUT2D eigenvalue weighted by Gasteiger charge is -2.18. The van der Waals surface area contributed by atoms with Gasteiger partial charge in [-0.25, -0.2) is 8.78 Å². The Morgan fingerprint density at radius 3 is 2.48 bits per heavy atom. The van der Waals surface area contributed by atoms with Gasteiger partial charge in [0.2, 0.25) is 0 Å². The average Bonchev–Trinajstić information content (AvgIpc) is 2.64. The molecular formula is C22H20F2N2O. The van der Waals surface area contributed by atoms with Gasteiger partial charge in [-0.2, -0.15) is 0 Å². The highest BCUT2D eigenvalue weighted by Gasteiger charge is 2.18. The first-order valence-corrected chi connectivity index (χ1v) is 8.71. The number of aliphatic imine (C=N–C) groups is 1. The van der Waals surface area contributed by atoms with Crippen LogP contribution in [-0.4, -0.2) is 18.2 Å². The van der Waals surface area contributed by atoms with E-state index in [2.05, 4.69) is 16.9 Å². The molecule has 27 heavy (non-hydrogen) atoms. The number of carbonyl (C=O) groups is 1. The van der Waals surface area contributed by atoms with Crippen molar-refractivity contribution < 1.29 is 13.6 Å². The summed E-state index contributed by atoms with van der Waals surface area (Å²) in [5.74, 6) is -2.59. The second-order valence-corrected chi connectivity index (χ2v) is 6.30. The molecule has 3 nitrogen and oxygen atoms in total. The van der Waals surface area contributed by atoms with E-state index in [0.717, 1.165) is 48.4 Å². The van der Waals surface area contributed by atoms with E-state index >= 15 is 0 Å². The number of rotatable bonds is 5. The first-order chi connectivity index (χ1) is 13.0. The van der Waals surface area contributed by atoms with Gasteiger partial charge in [0.15, 0.2) is 0 Å². The number of anilines is 1. The summed E-state index contributed by atoms with van der Waals surface area (Å²) >= 11 is 0. The van der Waals surface area contributed by atoms with E-state index in [9.17, 15) is 13.6 Å². The molecule has 2 aromatic rings. The number of halogens is 2. The third kappa shape index (κ3) is 4.03. The van der Waals surface area contributed by atoms with Crippen LogP contribution in [0.1, 0.15) is 35.7 Å². The van der Waals surface area contributed by atoms with Gasteiger partial charge in [-0.05, 0) is 54.3 Å². The summed E-state index contributed by atoms with van der Waals surface area (Å²) in [6.07, 6.45) is 3.42. The molecule has 0 spiro atoms. The monoisotopic (exact) mass is 366 g/mol. The summed E-state index contributed by atoms with van der Waals surface area (Å²) in [6, 6.07) is 10.6. The van der Waals surface area contributed by atoms with Crippen molar-refractivity contribution in [3.05, 3.63) is 83.5 Å². The lowest BCUT2D eigenvalue weighted by Crippen LogP contribution is -2.15. The number of allylic oxidation sites excluding steroid dienone is 2. The molecular weight excluding hydrogens is 346 g/mol. The first-order valence-electron chi connectivity index (χ1n) is 8.71. The van der Waals surface area contributed by atoms with Crippen molar-refractivity contribution in [3.8, 4) is 0 Å². The fraction of sp³-hybridized carbons (Fsp3) is 0.182. The molecule has 1 N–H and O–H groups in total. The standard InChI is InChI=1S/C22H20F2N2O/c1-3-5-20-14(2)17(12-13-25-20)15-8-10-16(11-9-15)26-22(27)21-18(23)6-4-7-19(21)24/h3-4,6-11H,1,5,12-13H2,2H3,(H,26,27). The van der Waals surface area contributed by atoms with Crippen molar-refractivity contribution in [3.63, 3.8) is 0 Å². The Morgan fingerprint density at radius 1 is 1.19 bits per heavy atom. The molecule has 0 atom stereocenters. The van der Waals surface area contributed by atoms with Crippen LogP contribution in [-0.2, 0) is 0 Å². The van der Waals surface area contributed by atoms with E-state index in [1.807, 2.05) is 25.1 Å². The van der Waals surface area contributed by atoms with Crippen molar-refractivity contribution in [2.45, 2.75) is 19.8 Å². The largest absolute Gasteiger partial charge is 0.322 e.